The molecular formula is C40H49N5O8Si. The molecule has 3 aromatic rings. The molecule has 3 N–H and O–H groups in total. The molecule has 0 bridgehead atoms. The summed E-state index contributed by atoms with van der Waals surface area (Å²) >= 11 is 0. The molecule has 0 radical (unpaired) electrons. The van der Waals surface area contributed by atoms with E-state index in [9.17, 15) is 24.8 Å². The Morgan fingerprint density at radius 3 is 2.57 bits per heavy atom. The third-order valence-electron chi connectivity index (χ3n) is 12.2. The number of hydrogen-bond acceptors (Lipinski definition) is 9. The predicted octanol–water partition coefficient (Wildman–Crippen LogP) is 4.43. The van der Waals surface area contributed by atoms with E-state index < -0.39 is 30.6 Å². The van der Waals surface area contributed by atoms with Crippen molar-refractivity contribution in [1.82, 2.24) is 10.2 Å². The molecule has 54 heavy (non-hydrogen) atoms. The van der Waals surface area contributed by atoms with Crippen LogP contribution in [0.2, 0.25) is 18.6 Å². The van der Waals surface area contributed by atoms with Crippen molar-refractivity contribution < 1.29 is 33.9 Å². The molecule has 4 aliphatic heterocycles. The van der Waals surface area contributed by atoms with Gasteiger partial charge in [-0.25, -0.2) is 0 Å². The zero-order valence-corrected chi connectivity index (χ0v) is 32.2. The Hall–Kier alpha value is -4.63. The van der Waals surface area contributed by atoms with Crippen LogP contribution in [0.25, 0.3) is 0 Å². The number of methoxy groups -OCH3 is 1. The van der Waals surface area contributed by atoms with Gasteiger partial charge in [-0.2, -0.15) is 0 Å². The number of non-ortho nitro benzene ring substituents is 1. The number of anilines is 2. The number of aliphatic hydroxyl groups excluding tert-OH is 1. The Morgan fingerprint density at radius 1 is 1.11 bits per heavy atom. The van der Waals surface area contributed by atoms with Gasteiger partial charge < -0.3 is 35.0 Å². The Kier molecular flexibility index (Phi) is 10.4. The van der Waals surface area contributed by atoms with Crippen LogP contribution in [0.3, 0.4) is 0 Å². The van der Waals surface area contributed by atoms with E-state index in [0.717, 1.165) is 43.0 Å². The number of likely N-dealkylation sites (tertiary alicyclic amines) is 1. The van der Waals surface area contributed by atoms with Crippen molar-refractivity contribution >= 4 is 48.0 Å². The fourth-order valence-electron chi connectivity index (χ4n) is 9.48. The number of carbonyl (C=O) groups excluding carboxylic acids is 3. The third kappa shape index (κ3) is 6.58. The zero-order chi connectivity index (χ0) is 38.4. The van der Waals surface area contributed by atoms with Gasteiger partial charge in [0.05, 0.1) is 63.6 Å². The first-order valence-corrected chi connectivity index (χ1v) is 21.9. The number of amides is 3. The topological polar surface area (TPSA) is 164 Å². The Morgan fingerprint density at radius 2 is 1.89 bits per heavy atom. The lowest BCUT2D eigenvalue weighted by atomic mass is 9.82. The SMILES string of the molecule is COc1ccc([Si](C)(C)[C@H]2[C@H](CC(=O)N3CCC[C@H]3CO)O[C@@]3(C(=O)N(Cc4cccc(NC(=O)[C@H]5CCCN5)c4)c4ccc([N+](=O)[O-])cc43)[C@@H]2C)cc1. The van der Waals surface area contributed by atoms with Crippen LogP contribution < -0.4 is 25.5 Å². The Labute approximate surface area is 316 Å². The lowest BCUT2D eigenvalue weighted by Crippen LogP contribution is -2.52. The number of aliphatic hydroxyl groups is 1. The first-order chi connectivity index (χ1) is 25.9. The van der Waals surface area contributed by atoms with Gasteiger partial charge in [0.1, 0.15) is 5.75 Å². The summed E-state index contributed by atoms with van der Waals surface area (Å²) < 4.78 is 12.5. The van der Waals surface area contributed by atoms with E-state index >= 15 is 4.79 Å². The Balaban J connectivity index is 1.28. The van der Waals surface area contributed by atoms with Crippen molar-refractivity contribution in [3.05, 3.63) is 88.0 Å². The standard InChI is InChI=1S/C40H49N5O8Si/c1-25-37(54(3,4)31-15-13-30(52-2)14-16-31)35(22-36(47)43-19-7-10-29(43)24-46)53-40(25)32-21-28(45(50)51)12-17-34(32)44(39(40)49)23-26-8-5-9-27(20-26)42-38(48)33-11-6-18-41-33/h5,8-9,12-17,20-21,25,29,33,35,37,41,46H,6-7,10-11,18-19,22-24H2,1-4H3,(H,42,48)/t25-,29+,33-,35+,37-,40+/m1/s1. The molecule has 0 aliphatic carbocycles. The summed E-state index contributed by atoms with van der Waals surface area (Å²) in [6.07, 6.45) is 2.54. The highest BCUT2D eigenvalue weighted by Crippen LogP contribution is 2.60. The van der Waals surface area contributed by atoms with Crippen molar-refractivity contribution in [2.75, 3.05) is 37.0 Å². The minimum Gasteiger partial charge on any atom is -0.497 e. The smallest absolute Gasteiger partial charge is 0.269 e. The number of nitrogens with zero attached hydrogens (tertiary/aromatic N) is 3. The van der Waals surface area contributed by atoms with Gasteiger partial charge >= 0.3 is 0 Å². The van der Waals surface area contributed by atoms with Crippen LogP contribution in [0.15, 0.2) is 66.7 Å². The van der Waals surface area contributed by atoms with E-state index in [1.54, 1.807) is 23.0 Å². The second-order valence-electron chi connectivity index (χ2n) is 15.6. The molecule has 3 aromatic carbocycles. The molecule has 286 valence electrons. The van der Waals surface area contributed by atoms with Crippen LogP contribution in [-0.2, 0) is 31.3 Å². The number of nitro groups is 1. The maximum atomic E-state index is 15.2. The number of benzene rings is 3. The number of fused-ring (bicyclic) bond motifs is 2. The molecule has 7 rings (SSSR count). The fraction of sp³-hybridized carbons (Fsp3) is 0.475. The van der Waals surface area contributed by atoms with E-state index in [4.69, 9.17) is 9.47 Å². The molecule has 14 heteroatoms. The van der Waals surface area contributed by atoms with Gasteiger partial charge in [0.25, 0.3) is 11.6 Å². The zero-order valence-electron chi connectivity index (χ0n) is 31.2. The highest BCUT2D eigenvalue weighted by atomic mass is 28.3. The number of ether oxygens (including phenoxy) is 2. The van der Waals surface area contributed by atoms with E-state index in [1.165, 1.54) is 12.1 Å². The molecule has 0 unspecified atom stereocenters. The van der Waals surface area contributed by atoms with Crippen LogP contribution >= 0.6 is 0 Å². The van der Waals surface area contributed by atoms with Crippen molar-refractivity contribution in [2.45, 2.75) is 88.0 Å². The molecule has 13 nitrogen and oxygen atoms in total. The predicted molar refractivity (Wildman–Crippen MR) is 206 cm³/mol. The van der Waals surface area contributed by atoms with Crippen molar-refractivity contribution in [1.29, 1.82) is 0 Å². The molecule has 3 amide bonds. The highest BCUT2D eigenvalue weighted by molar-refractivity contribution is 6.91. The molecule has 1 spiro atoms. The van der Waals surface area contributed by atoms with Gasteiger partial charge in [-0.1, -0.05) is 49.5 Å². The van der Waals surface area contributed by atoms with Crippen LogP contribution in [0, 0.1) is 16.0 Å². The molecule has 0 saturated carbocycles. The van der Waals surface area contributed by atoms with Gasteiger partial charge in [-0.05, 0) is 73.7 Å². The number of rotatable bonds is 11. The van der Waals surface area contributed by atoms with Gasteiger partial charge in [0.2, 0.25) is 11.8 Å². The summed E-state index contributed by atoms with van der Waals surface area (Å²) in [6.45, 7) is 7.76. The molecule has 4 aliphatic rings. The number of nitrogens with one attached hydrogen (secondary N) is 2. The molecular weight excluding hydrogens is 707 g/mol. The third-order valence-corrected chi connectivity index (χ3v) is 16.6. The van der Waals surface area contributed by atoms with E-state index in [-0.39, 0.29) is 60.6 Å². The van der Waals surface area contributed by atoms with Crippen molar-refractivity contribution in [3.63, 3.8) is 0 Å². The van der Waals surface area contributed by atoms with Crippen LogP contribution in [-0.4, -0.2) is 85.7 Å². The summed E-state index contributed by atoms with van der Waals surface area (Å²) in [5, 5.41) is 29.5. The lowest BCUT2D eigenvalue weighted by molar-refractivity contribution is -0.385. The van der Waals surface area contributed by atoms with Crippen LogP contribution in [0.5, 0.6) is 5.75 Å². The second-order valence-corrected chi connectivity index (χ2v) is 20.3. The average molecular weight is 756 g/mol. The average Bonchev–Trinajstić information content (AvgIpc) is 3.97. The largest absolute Gasteiger partial charge is 0.497 e. The number of hydrogen-bond donors (Lipinski definition) is 3. The van der Waals surface area contributed by atoms with Crippen LogP contribution in [0.1, 0.15) is 50.2 Å². The molecule has 3 saturated heterocycles. The fourth-order valence-corrected chi connectivity index (χ4v) is 13.5. The van der Waals surface area contributed by atoms with Gasteiger partial charge in [0, 0.05) is 35.8 Å². The normalized spacial score (nSPS) is 26.4. The van der Waals surface area contributed by atoms with Crippen LogP contribution in [0.4, 0.5) is 17.1 Å². The summed E-state index contributed by atoms with van der Waals surface area (Å²) in [4.78, 5) is 57.3. The number of nitro benzene ring substituents is 1. The Bertz CT molecular complexity index is 1940. The summed E-state index contributed by atoms with van der Waals surface area (Å²) in [7, 11) is -0.988. The quantitative estimate of drug-likeness (QED) is 0.146. The minimum absolute atomic E-state index is 0.00890. The molecule has 6 atom stereocenters. The molecule has 4 heterocycles. The van der Waals surface area contributed by atoms with Crippen molar-refractivity contribution in [2.24, 2.45) is 5.92 Å². The lowest BCUT2D eigenvalue weighted by Gasteiger charge is -2.37. The first kappa shape index (κ1) is 37.7. The summed E-state index contributed by atoms with van der Waals surface area (Å²) in [5.41, 5.74) is 0.271. The second kappa shape index (κ2) is 14.9. The van der Waals surface area contributed by atoms with Crippen molar-refractivity contribution in [3.8, 4) is 5.75 Å². The molecule has 3 fully saturated rings. The van der Waals surface area contributed by atoms with Gasteiger partial charge in [0.15, 0.2) is 5.60 Å². The molecule has 0 aromatic heterocycles. The maximum absolute atomic E-state index is 15.2. The minimum atomic E-state index is -2.60. The summed E-state index contributed by atoms with van der Waals surface area (Å²) in [5.74, 6) is -0.356. The maximum Gasteiger partial charge on any atom is 0.269 e. The number of carbonyl (C=O) groups is 3. The van der Waals surface area contributed by atoms with Gasteiger partial charge in [-0.3, -0.25) is 24.5 Å². The monoisotopic (exact) mass is 755 g/mol. The van der Waals surface area contributed by atoms with E-state index in [2.05, 4.69) is 23.7 Å². The van der Waals surface area contributed by atoms with E-state index in [1.807, 2.05) is 55.5 Å². The van der Waals surface area contributed by atoms with E-state index in [0.29, 0.717) is 29.2 Å². The highest BCUT2D eigenvalue weighted by Gasteiger charge is 2.67. The summed E-state index contributed by atoms with van der Waals surface area (Å²) in [6, 6.07) is 19.2. The first-order valence-electron chi connectivity index (χ1n) is 18.9. The van der Waals surface area contributed by atoms with Gasteiger partial charge in [-0.15, -0.1) is 0 Å².